The van der Waals surface area contributed by atoms with Crippen molar-refractivity contribution in [3.05, 3.63) is 66.5 Å². The van der Waals surface area contributed by atoms with E-state index in [1.165, 1.54) is 0 Å². The first-order valence-corrected chi connectivity index (χ1v) is 10.7. The molecule has 2 aromatic carbocycles. The maximum absolute atomic E-state index is 12.0. The van der Waals surface area contributed by atoms with E-state index in [1.807, 2.05) is 56.3 Å². The van der Waals surface area contributed by atoms with E-state index in [-0.39, 0.29) is 11.8 Å². The van der Waals surface area contributed by atoms with Crippen LogP contribution in [0.4, 0.5) is 0 Å². The monoisotopic (exact) mass is 421 g/mol. The normalized spacial score (nSPS) is 11.0. The molecule has 3 aromatic rings. The molecule has 3 rings (SSSR count). The van der Waals surface area contributed by atoms with Gasteiger partial charge < -0.3 is 19.4 Å². The molecule has 0 saturated carbocycles. The van der Waals surface area contributed by atoms with Crippen LogP contribution < -0.4 is 14.8 Å². The SMILES string of the molecule is C=CCc1ccc(OCCCn2c(CNC(=O)C(C)C)nc3ccccc32)c(OC)c1. The van der Waals surface area contributed by atoms with Gasteiger partial charge in [-0.15, -0.1) is 6.58 Å². The number of carbonyl (C=O) groups is 1. The van der Waals surface area contributed by atoms with Crippen LogP contribution in [-0.4, -0.2) is 29.2 Å². The van der Waals surface area contributed by atoms with Crippen molar-refractivity contribution in [1.29, 1.82) is 0 Å². The second kappa shape index (κ2) is 10.7. The van der Waals surface area contributed by atoms with Gasteiger partial charge in [-0.25, -0.2) is 4.98 Å². The Balaban J connectivity index is 1.66. The minimum atomic E-state index is -0.0564. The predicted octanol–water partition coefficient (Wildman–Crippen LogP) is 4.51. The number of hydrogen-bond donors (Lipinski definition) is 1. The summed E-state index contributed by atoms with van der Waals surface area (Å²) < 4.78 is 13.6. The summed E-state index contributed by atoms with van der Waals surface area (Å²) in [5.41, 5.74) is 3.12. The summed E-state index contributed by atoms with van der Waals surface area (Å²) in [4.78, 5) is 16.7. The summed E-state index contributed by atoms with van der Waals surface area (Å²) >= 11 is 0. The van der Waals surface area contributed by atoms with Crippen molar-refractivity contribution in [2.45, 2.75) is 39.8 Å². The Bertz CT molecular complexity index is 1040. The Labute approximate surface area is 183 Å². The van der Waals surface area contributed by atoms with Crippen molar-refractivity contribution in [3.8, 4) is 11.5 Å². The van der Waals surface area contributed by atoms with E-state index < -0.39 is 0 Å². The fraction of sp³-hybridized carbons (Fsp3) is 0.360. The first kappa shape index (κ1) is 22.4. The third-order valence-electron chi connectivity index (χ3n) is 5.07. The minimum absolute atomic E-state index is 0.0222. The summed E-state index contributed by atoms with van der Waals surface area (Å²) in [5.74, 6) is 2.27. The summed E-state index contributed by atoms with van der Waals surface area (Å²) in [5, 5.41) is 2.97. The number of allylic oxidation sites excluding steroid dienone is 1. The molecule has 31 heavy (non-hydrogen) atoms. The van der Waals surface area contributed by atoms with Gasteiger partial charge in [0.05, 0.1) is 31.3 Å². The van der Waals surface area contributed by atoms with Crippen LogP contribution in [0.15, 0.2) is 55.1 Å². The van der Waals surface area contributed by atoms with Gasteiger partial charge >= 0.3 is 0 Å². The number of carbonyl (C=O) groups excluding carboxylic acids is 1. The molecule has 1 amide bonds. The Morgan fingerprint density at radius 1 is 1.23 bits per heavy atom. The number of aromatic nitrogens is 2. The lowest BCUT2D eigenvalue weighted by molar-refractivity contribution is -0.124. The molecular weight excluding hydrogens is 390 g/mol. The number of fused-ring (bicyclic) bond motifs is 1. The zero-order valence-corrected chi connectivity index (χ0v) is 18.6. The zero-order valence-electron chi connectivity index (χ0n) is 18.6. The number of nitrogens with one attached hydrogen (secondary N) is 1. The van der Waals surface area contributed by atoms with Crippen molar-refractivity contribution >= 4 is 16.9 Å². The van der Waals surface area contributed by atoms with Crippen molar-refractivity contribution in [1.82, 2.24) is 14.9 Å². The summed E-state index contributed by atoms with van der Waals surface area (Å²) in [7, 11) is 1.65. The van der Waals surface area contributed by atoms with Crippen LogP contribution in [0.1, 0.15) is 31.7 Å². The van der Waals surface area contributed by atoms with Crippen LogP contribution in [0, 0.1) is 5.92 Å². The van der Waals surface area contributed by atoms with Crippen LogP contribution in [-0.2, 0) is 24.3 Å². The average Bonchev–Trinajstić information content (AvgIpc) is 3.13. The van der Waals surface area contributed by atoms with Gasteiger partial charge in [0.25, 0.3) is 0 Å². The standard InChI is InChI=1S/C25H31N3O3/c1-5-9-19-12-13-22(23(16-19)30-4)31-15-8-14-28-21-11-7-6-10-20(21)27-24(28)17-26-25(29)18(2)3/h5-7,10-13,16,18H,1,8-9,14-15,17H2,2-4H3,(H,26,29). The number of nitrogens with zero attached hydrogens (tertiary/aromatic N) is 2. The van der Waals surface area contributed by atoms with Crippen LogP contribution in [0.2, 0.25) is 0 Å². The molecule has 0 spiro atoms. The molecule has 0 aliphatic heterocycles. The maximum atomic E-state index is 12.0. The lowest BCUT2D eigenvalue weighted by atomic mass is 10.1. The van der Waals surface area contributed by atoms with Crippen LogP contribution in [0.3, 0.4) is 0 Å². The first-order valence-electron chi connectivity index (χ1n) is 10.7. The highest BCUT2D eigenvalue weighted by molar-refractivity contribution is 5.78. The van der Waals surface area contributed by atoms with Gasteiger partial charge in [0, 0.05) is 12.5 Å². The largest absolute Gasteiger partial charge is 0.493 e. The van der Waals surface area contributed by atoms with Crippen LogP contribution in [0.25, 0.3) is 11.0 Å². The molecule has 0 fully saturated rings. The van der Waals surface area contributed by atoms with E-state index in [9.17, 15) is 4.79 Å². The van der Waals surface area contributed by atoms with Gasteiger partial charge in [-0.2, -0.15) is 0 Å². The van der Waals surface area contributed by atoms with Crippen molar-refractivity contribution in [3.63, 3.8) is 0 Å². The van der Waals surface area contributed by atoms with Crippen LogP contribution in [0.5, 0.6) is 11.5 Å². The molecule has 0 radical (unpaired) electrons. The zero-order chi connectivity index (χ0) is 22.2. The molecule has 0 saturated heterocycles. The van der Waals surface area contributed by atoms with E-state index in [2.05, 4.69) is 22.5 Å². The highest BCUT2D eigenvalue weighted by atomic mass is 16.5. The third kappa shape index (κ3) is 5.66. The molecule has 1 aromatic heterocycles. The second-order valence-corrected chi connectivity index (χ2v) is 7.72. The number of hydrogen-bond acceptors (Lipinski definition) is 4. The molecule has 164 valence electrons. The molecule has 0 bridgehead atoms. The first-order chi connectivity index (χ1) is 15.0. The number of rotatable bonds is 11. The number of aryl methyl sites for hydroxylation is 1. The molecule has 1 heterocycles. The molecule has 0 atom stereocenters. The van der Waals surface area contributed by atoms with Crippen LogP contribution >= 0.6 is 0 Å². The van der Waals surface area contributed by atoms with Crippen molar-refractivity contribution < 1.29 is 14.3 Å². The smallest absolute Gasteiger partial charge is 0.222 e. The van der Waals surface area contributed by atoms with Gasteiger partial charge in [-0.3, -0.25) is 4.79 Å². The summed E-state index contributed by atoms with van der Waals surface area (Å²) in [6.07, 6.45) is 3.45. The Morgan fingerprint density at radius 3 is 2.77 bits per heavy atom. The molecule has 0 aliphatic carbocycles. The van der Waals surface area contributed by atoms with E-state index in [1.54, 1.807) is 7.11 Å². The molecule has 6 nitrogen and oxygen atoms in total. The molecule has 6 heteroatoms. The summed E-state index contributed by atoms with van der Waals surface area (Å²) in [6, 6.07) is 14.0. The lowest BCUT2D eigenvalue weighted by Gasteiger charge is -2.14. The fourth-order valence-electron chi connectivity index (χ4n) is 3.41. The van der Waals surface area contributed by atoms with Gasteiger partial charge in [0.1, 0.15) is 5.82 Å². The van der Waals surface area contributed by atoms with E-state index >= 15 is 0 Å². The van der Waals surface area contributed by atoms with Gasteiger partial charge in [-0.1, -0.05) is 38.1 Å². The Hall–Kier alpha value is -3.28. The molecule has 0 aliphatic rings. The predicted molar refractivity (Wildman–Crippen MR) is 123 cm³/mol. The molecule has 0 unspecified atom stereocenters. The lowest BCUT2D eigenvalue weighted by Crippen LogP contribution is -2.28. The van der Waals surface area contributed by atoms with Gasteiger partial charge in [0.15, 0.2) is 11.5 Å². The van der Waals surface area contributed by atoms with Crippen molar-refractivity contribution in [2.24, 2.45) is 5.92 Å². The highest BCUT2D eigenvalue weighted by Crippen LogP contribution is 2.28. The highest BCUT2D eigenvalue weighted by Gasteiger charge is 2.13. The van der Waals surface area contributed by atoms with Gasteiger partial charge in [0.2, 0.25) is 5.91 Å². The quantitative estimate of drug-likeness (QED) is 0.365. The van der Waals surface area contributed by atoms with E-state index in [4.69, 9.17) is 14.5 Å². The topological polar surface area (TPSA) is 65.4 Å². The Morgan fingerprint density at radius 2 is 2.03 bits per heavy atom. The molecule has 1 N–H and O–H groups in total. The van der Waals surface area contributed by atoms with Gasteiger partial charge in [-0.05, 0) is 42.7 Å². The number of benzene rings is 2. The minimum Gasteiger partial charge on any atom is -0.493 e. The van der Waals surface area contributed by atoms with E-state index in [0.29, 0.717) is 13.2 Å². The number of ether oxygens (including phenoxy) is 2. The Kier molecular flexibility index (Phi) is 7.70. The van der Waals surface area contributed by atoms with Crippen molar-refractivity contribution in [2.75, 3.05) is 13.7 Å². The fourth-order valence-corrected chi connectivity index (χ4v) is 3.41. The number of imidazole rings is 1. The second-order valence-electron chi connectivity index (χ2n) is 7.72. The third-order valence-corrected chi connectivity index (χ3v) is 5.07. The number of amides is 1. The summed E-state index contributed by atoms with van der Waals surface area (Å²) in [6.45, 7) is 9.23. The average molecular weight is 422 g/mol. The molecular formula is C25H31N3O3. The number of methoxy groups -OCH3 is 1. The number of para-hydroxylation sites is 2. The van der Waals surface area contributed by atoms with E-state index in [0.717, 1.165) is 53.3 Å². The maximum Gasteiger partial charge on any atom is 0.222 e.